The molecule has 104 valence electrons. The van der Waals surface area contributed by atoms with E-state index in [2.05, 4.69) is 0 Å². The molecule has 0 bridgehead atoms. The molecule has 2 rings (SSSR count). The Balaban J connectivity index is 2.24. The summed E-state index contributed by atoms with van der Waals surface area (Å²) in [5, 5.41) is 0. The molecule has 1 saturated heterocycles. The van der Waals surface area contributed by atoms with Crippen molar-refractivity contribution in [1.29, 1.82) is 0 Å². The lowest BCUT2D eigenvalue weighted by atomic mass is 10.1. The topological polar surface area (TPSA) is 54.5 Å². The second-order valence-corrected chi connectivity index (χ2v) is 6.86. The molecule has 0 aromatic heterocycles. The summed E-state index contributed by atoms with van der Waals surface area (Å²) in [6, 6.07) is 5.41. The van der Waals surface area contributed by atoms with Crippen LogP contribution in [-0.4, -0.2) is 43.3 Å². The van der Waals surface area contributed by atoms with E-state index in [1.807, 2.05) is 0 Å². The van der Waals surface area contributed by atoms with Gasteiger partial charge >= 0.3 is 0 Å². The second kappa shape index (κ2) is 5.28. The zero-order valence-electron chi connectivity index (χ0n) is 10.7. The van der Waals surface area contributed by atoms with Crippen LogP contribution in [0.2, 0.25) is 0 Å². The average molecular weight is 285 g/mol. The van der Waals surface area contributed by atoms with E-state index < -0.39 is 21.6 Å². The number of benzene rings is 1. The molecule has 0 aliphatic carbocycles. The minimum absolute atomic E-state index is 0.00588. The molecule has 1 fully saturated rings. The SMILES string of the molecule is CCN(C(=O)c1ccccc1F)[C@@H]1CCS(=O)(=O)C1. The highest BCUT2D eigenvalue weighted by molar-refractivity contribution is 7.91. The molecule has 1 atom stereocenters. The van der Waals surface area contributed by atoms with E-state index in [9.17, 15) is 17.6 Å². The number of halogens is 1. The van der Waals surface area contributed by atoms with Gasteiger partial charge in [-0.25, -0.2) is 12.8 Å². The Labute approximate surface area is 112 Å². The molecule has 1 aliphatic heterocycles. The molecule has 1 aromatic carbocycles. The Hall–Kier alpha value is -1.43. The van der Waals surface area contributed by atoms with Crippen LogP contribution in [0.4, 0.5) is 4.39 Å². The lowest BCUT2D eigenvalue weighted by Gasteiger charge is -2.27. The third-order valence-electron chi connectivity index (χ3n) is 3.35. The van der Waals surface area contributed by atoms with E-state index in [0.29, 0.717) is 13.0 Å². The Morgan fingerprint density at radius 2 is 2.11 bits per heavy atom. The second-order valence-electron chi connectivity index (χ2n) is 4.63. The number of carbonyl (C=O) groups excluding carboxylic acids is 1. The molecule has 4 nitrogen and oxygen atoms in total. The van der Waals surface area contributed by atoms with Crippen LogP contribution in [0.1, 0.15) is 23.7 Å². The standard InChI is InChI=1S/C13H16FNO3S/c1-2-15(10-7-8-19(17,18)9-10)13(16)11-5-3-4-6-12(11)14/h3-6,10H,2,7-9H2,1H3/t10-/m1/s1. The fourth-order valence-electron chi connectivity index (χ4n) is 2.38. The van der Waals surface area contributed by atoms with Crippen molar-refractivity contribution in [2.75, 3.05) is 18.1 Å². The summed E-state index contributed by atoms with van der Waals surface area (Å²) in [4.78, 5) is 13.7. The molecule has 1 amide bonds. The van der Waals surface area contributed by atoms with Crippen molar-refractivity contribution in [1.82, 2.24) is 4.90 Å². The van der Waals surface area contributed by atoms with E-state index >= 15 is 0 Å². The van der Waals surface area contributed by atoms with Gasteiger partial charge in [0.05, 0.1) is 17.1 Å². The summed E-state index contributed by atoms with van der Waals surface area (Å²) in [6.07, 6.45) is 0.427. The largest absolute Gasteiger partial charge is 0.335 e. The summed E-state index contributed by atoms with van der Waals surface area (Å²) < 4.78 is 36.6. The van der Waals surface area contributed by atoms with Gasteiger partial charge in [0.2, 0.25) is 0 Å². The zero-order valence-corrected chi connectivity index (χ0v) is 11.5. The van der Waals surface area contributed by atoms with Crippen molar-refractivity contribution in [3.63, 3.8) is 0 Å². The van der Waals surface area contributed by atoms with Crippen molar-refractivity contribution in [3.05, 3.63) is 35.6 Å². The Morgan fingerprint density at radius 3 is 2.63 bits per heavy atom. The number of nitrogens with zero attached hydrogens (tertiary/aromatic N) is 1. The maximum absolute atomic E-state index is 13.6. The first-order chi connectivity index (χ1) is 8.94. The fraction of sp³-hybridized carbons (Fsp3) is 0.462. The van der Waals surface area contributed by atoms with E-state index in [0.717, 1.165) is 0 Å². The molecular weight excluding hydrogens is 269 g/mol. The molecule has 1 aromatic rings. The highest BCUT2D eigenvalue weighted by Gasteiger charge is 2.34. The Kier molecular flexibility index (Phi) is 3.89. The average Bonchev–Trinajstić information content (AvgIpc) is 2.71. The molecule has 0 radical (unpaired) electrons. The first kappa shape index (κ1) is 14.0. The molecule has 0 spiro atoms. The monoisotopic (exact) mass is 285 g/mol. The first-order valence-corrected chi connectivity index (χ1v) is 8.02. The minimum atomic E-state index is -3.06. The van der Waals surface area contributed by atoms with Gasteiger partial charge in [-0.15, -0.1) is 0 Å². The number of sulfone groups is 1. The number of hydrogen-bond donors (Lipinski definition) is 0. The van der Waals surface area contributed by atoms with Crippen LogP contribution in [0.3, 0.4) is 0 Å². The predicted molar refractivity (Wildman–Crippen MR) is 70.2 cm³/mol. The molecular formula is C13H16FNO3S. The van der Waals surface area contributed by atoms with Crippen LogP contribution in [0, 0.1) is 5.82 Å². The zero-order chi connectivity index (χ0) is 14.0. The van der Waals surface area contributed by atoms with Gasteiger partial charge in [0.1, 0.15) is 5.82 Å². The Morgan fingerprint density at radius 1 is 1.42 bits per heavy atom. The molecule has 0 saturated carbocycles. The minimum Gasteiger partial charge on any atom is -0.335 e. The maximum Gasteiger partial charge on any atom is 0.257 e. The highest BCUT2D eigenvalue weighted by atomic mass is 32.2. The fourth-order valence-corrected chi connectivity index (χ4v) is 4.11. The van der Waals surface area contributed by atoms with Crippen LogP contribution >= 0.6 is 0 Å². The highest BCUT2D eigenvalue weighted by Crippen LogP contribution is 2.20. The van der Waals surface area contributed by atoms with Crippen molar-refractivity contribution < 1.29 is 17.6 Å². The van der Waals surface area contributed by atoms with Gasteiger partial charge < -0.3 is 4.90 Å². The molecule has 6 heteroatoms. The van der Waals surface area contributed by atoms with Crippen molar-refractivity contribution in [3.8, 4) is 0 Å². The van der Waals surface area contributed by atoms with Crippen molar-refractivity contribution >= 4 is 15.7 Å². The first-order valence-electron chi connectivity index (χ1n) is 6.20. The van der Waals surface area contributed by atoms with Crippen LogP contribution < -0.4 is 0 Å². The van der Waals surface area contributed by atoms with E-state index in [-0.39, 0.29) is 23.1 Å². The van der Waals surface area contributed by atoms with Gasteiger partial charge in [-0.1, -0.05) is 12.1 Å². The molecule has 0 unspecified atom stereocenters. The summed E-state index contributed by atoms with van der Waals surface area (Å²) >= 11 is 0. The van der Waals surface area contributed by atoms with Crippen LogP contribution in [0.15, 0.2) is 24.3 Å². The number of amides is 1. The summed E-state index contributed by atoms with van der Waals surface area (Å²) in [5.41, 5.74) is -0.00588. The van der Waals surface area contributed by atoms with Crippen LogP contribution in [0.25, 0.3) is 0 Å². The van der Waals surface area contributed by atoms with Gasteiger partial charge in [-0.2, -0.15) is 0 Å². The smallest absolute Gasteiger partial charge is 0.257 e. The number of rotatable bonds is 3. The molecule has 1 heterocycles. The van der Waals surface area contributed by atoms with E-state index in [1.54, 1.807) is 13.0 Å². The van der Waals surface area contributed by atoms with Gasteiger partial charge in [-0.3, -0.25) is 4.79 Å². The predicted octanol–water partition coefficient (Wildman–Crippen LogP) is 1.47. The van der Waals surface area contributed by atoms with Gasteiger partial charge in [0, 0.05) is 12.6 Å². The third-order valence-corrected chi connectivity index (χ3v) is 5.11. The third kappa shape index (κ3) is 2.94. The van der Waals surface area contributed by atoms with E-state index in [4.69, 9.17) is 0 Å². The quantitative estimate of drug-likeness (QED) is 0.845. The van der Waals surface area contributed by atoms with Crippen molar-refractivity contribution in [2.45, 2.75) is 19.4 Å². The van der Waals surface area contributed by atoms with Gasteiger partial charge in [-0.05, 0) is 25.5 Å². The Bertz CT molecular complexity index is 585. The summed E-state index contributed by atoms with van der Waals surface area (Å²) in [5.74, 6) is -0.950. The summed E-state index contributed by atoms with van der Waals surface area (Å²) in [7, 11) is -3.06. The number of hydrogen-bond acceptors (Lipinski definition) is 3. The van der Waals surface area contributed by atoms with Crippen LogP contribution in [-0.2, 0) is 9.84 Å². The van der Waals surface area contributed by atoms with Gasteiger partial charge in [0.25, 0.3) is 5.91 Å². The van der Waals surface area contributed by atoms with Crippen LogP contribution in [0.5, 0.6) is 0 Å². The summed E-state index contributed by atoms with van der Waals surface area (Å²) in [6.45, 7) is 2.14. The van der Waals surface area contributed by atoms with Crippen molar-refractivity contribution in [2.24, 2.45) is 0 Å². The van der Waals surface area contributed by atoms with E-state index in [1.165, 1.54) is 23.1 Å². The lowest BCUT2D eigenvalue weighted by Crippen LogP contribution is -2.41. The molecule has 1 aliphatic rings. The molecule has 19 heavy (non-hydrogen) atoms. The number of carbonyl (C=O) groups is 1. The normalized spacial score (nSPS) is 21.3. The molecule has 0 N–H and O–H groups in total. The lowest BCUT2D eigenvalue weighted by molar-refractivity contribution is 0.0703. The maximum atomic E-state index is 13.6. The van der Waals surface area contributed by atoms with Gasteiger partial charge in [0.15, 0.2) is 9.84 Å².